The number of nitrogens with zero attached hydrogens (tertiary/aromatic N) is 5. The van der Waals surface area contributed by atoms with E-state index in [1.165, 1.54) is 18.2 Å². The number of carbonyl (C=O) groups excluding carboxylic acids is 1. The van der Waals surface area contributed by atoms with E-state index < -0.39 is 26.6 Å². The molecule has 1 atom stereocenters. The first-order valence-electron chi connectivity index (χ1n) is 13.3. The van der Waals surface area contributed by atoms with E-state index in [2.05, 4.69) is 47.4 Å². The fourth-order valence-corrected chi connectivity index (χ4v) is 5.73. The summed E-state index contributed by atoms with van der Waals surface area (Å²) in [5.41, 5.74) is 2.60. The van der Waals surface area contributed by atoms with Crippen LogP contribution < -0.4 is 10.6 Å². The molecule has 0 aliphatic carbocycles. The van der Waals surface area contributed by atoms with Crippen LogP contribution in [-0.4, -0.2) is 103 Å². The summed E-state index contributed by atoms with van der Waals surface area (Å²) in [6.07, 6.45) is 5.91. The van der Waals surface area contributed by atoms with Crippen LogP contribution in [0.5, 0.6) is 0 Å². The number of likely N-dealkylation sites (N-methyl/N-ethyl adjacent to an activating group) is 1. The summed E-state index contributed by atoms with van der Waals surface area (Å²) >= 11 is 0. The Hall–Kier alpha value is -3.98. The minimum absolute atomic E-state index is 0.0631. The normalized spacial score (nSPS) is 15.5. The number of amides is 1. The molecule has 1 aliphatic rings. The summed E-state index contributed by atoms with van der Waals surface area (Å²) in [5.74, 6) is -0.649. The number of sulfone groups is 1. The minimum atomic E-state index is -3.76. The molecule has 3 N–H and O–H groups in total. The Morgan fingerprint density at radius 3 is 2.67 bits per heavy atom. The first-order valence-corrected chi connectivity index (χ1v) is 15.2. The smallest absolute Gasteiger partial charge is 0.245 e. The molecule has 42 heavy (non-hydrogen) atoms. The SMILES string of the molecule is COCC(C(=O)Nc1nccc2c(-c3nc(Nc4cccc(S(C)(=O)=O)c4F)ncc3C)c[nH]c12)N1CCN(C)CC1. The molecule has 4 aromatic rings. The number of methoxy groups -OCH3 is 1. The lowest BCUT2D eigenvalue weighted by Gasteiger charge is -2.36. The minimum Gasteiger partial charge on any atom is -0.383 e. The molecule has 1 fully saturated rings. The van der Waals surface area contributed by atoms with Crippen LogP contribution in [-0.2, 0) is 19.4 Å². The molecule has 1 amide bonds. The van der Waals surface area contributed by atoms with Gasteiger partial charge in [-0.15, -0.1) is 0 Å². The van der Waals surface area contributed by atoms with Gasteiger partial charge in [-0.1, -0.05) is 6.07 Å². The van der Waals surface area contributed by atoms with Gasteiger partial charge in [-0.2, -0.15) is 0 Å². The van der Waals surface area contributed by atoms with E-state index in [0.717, 1.165) is 48.9 Å². The number of nitrogens with one attached hydrogen (secondary N) is 3. The maximum atomic E-state index is 14.9. The van der Waals surface area contributed by atoms with E-state index in [9.17, 15) is 17.6 Å². The maximum Gasteiger partial charge on any atom is 0.245 e. The van der Waals surface area contributed by atoms with E-state index in [0.29, 0.717) is 17.0 Å². The Labute approximate surface area is 243 Å². The van der Waals surface area contributed by atoms with Gasteiger partial charge < -0.3 is 25.3 Å². The van der Waals surface area contributed by atoms with Gasteiger partial charge in [0.15, 0.2) is 21.5 Å². The third-order valence-electron chi connectivity index (χ3n) is 7.29. The van der Waals surface area contributed by atoms with Crippen LogP contribution in [0.4, 0.5) is 21.8 Å². The van der Waals surface area contributed by atoms with Crippen molar-refractivity contribution in [2.45, 2.75) is 17.9 Å². The molecule has 1 unspecified atom stereocenters. The summed E-state index contributed by atoms with van der Waals surface area (Å²) in [6.45, 7) is 5.35. The lowest BCUT2D eigenvalue weighted by molar-refractivity contribution is -0.124. The summed E-state index contributed by atoms with van der Waals surface area (Å²) in [7, 11) is -0.122. The number of rotatable bonds is 9. The van der Waals surface area contributed by atoms with E-state index >= 15 is 0 Å². The van der Waals surface area contributed by atoms with Crippen molar-refractivity contribution < 1.29 is 22.3 Å². The topological polar surface area (TPSA) is 145 Å². The molecule has 4 heterocycles. The quantitative estimate of drug-likeness (QED) is 0.264. The van der Waals surface area contributed by atoms with Gasteiger partial charge in [0.05, 0.1) is 23.5 Å². The average molecular weight is 597 g/mol. The Morgan fingerprint density at radius 2 is 1.95 bits per heavy atom. The van der Waals surface area contributed by atoms with Gasteiger partial charge in [-0.25, -0.2) is 27.8 Å². The molecule has 0 saturated carbocycles. The fraction of sp³-hybridized carbons (Fsp3) is 0.357. The first-order chi connectivity index (χ1) is 20.1. The highest BCUT2D eigenvalue weighted by molar-refractivity contribution is 7.90. The predicted molar refractivity (Wildman–Crippen MR) is 158 cm³/mol. The number of fused-ring (bicyclic) bond motifs is 1. The highest BCUT2D eigenvalue weighted by Crippen LogP contribution is 2.33. The van der Waals surface area contributed by atoms with E-state index in [1.54, 1.807) is 25.7 Å². The van der Waals surface area contributed by atoms with Crippen LogP contribution >= 0.6 is 0 Å². The van der Waals surface area contributed by atoms with Crippen molar-refractivity contribution in [1.29, 1.82) is 0 Å². The Bertz CT molecular complexity index is 1720. The number of pyridine rings is 1. The number of hydrogen-bond acceptors (Lipinski definition) is 10. The third-order valence-corrected chi connectivity index (χ3v) is 8.40. The van der Waals surface area contributed by atoms with Crippen LogP contribution in [0.15, 0.2) is 47.8 Å². The van der Waals surface area contributed by atoms with Crippen molar-refractivity contribution in [2.75, 3.05) is 63.8 Å². The number of halogens is 1. The Kier molecular flexibility index (Phi) is 8.50. The predicted octanol–water partition coefficient (Wildman–Crippen LogP) is 2.82. The third kappa shape index (κ3) is 6.11. The molecule has 14 heteroatoms. The molecule has 0 bridgehead atoms. The lowest BCUT2D eigenvalue weighted by Crippen LogP contribution is -2.54. The van der Waals surface area contributed by atoms with Crippen LogP contribution in [0.25, 0.3) is 22.2 Å². The van der Waals surface area contributed by atoms with Crippen LogP contribution in [0.1, 0.15) is 5.56 Å². The zero-order valence-electron chi connectivity index (χ0n) is 23.8. The van der Waals surface area contributed by atoms with Gasteiger partial charge in [0, 0.05) is 69.1 Å². The first kappa shape index (κ1) is 29.5. The summed E-state index contributed by atoms with van der Waals surface area (Å²) in [4.78, 5) is 33.8. The number of carbonyl (C=O) groups is 1. The van der Waals surface area contributed by atoms with E-state index in [-0.39, 0.29) is 24.1 Å². The van der Waals surface area contributed by atoms with E-state index in [1.807, 2.05) is 13.0 Å². The summed E-state index contributed by atoms with van der Waals surface area (Å²) in [6, 6.07) is 5.41. The standard InChI is InChI=1S/C28H33FN8O4S/c1-17-14-32-28(33-20-6-5-7-22(23(20)29)42(4,39)40)34-24(17)19-15-31-25-18(19)8-9-30-26(25)35-27(38)21(16-41-3)37-12-10-36(2)11-13-37/h5-9,14-15,21,31H,10-13,16H2,1-4H3,(H,30,35,38)(H,32,33,34). The zero-order chi connectivity index (χ0) is 30.0. The Morgan fingerprint density at radius 1 is 1.19 bits per heavy atom. The largest absolute Gasteiger partial charge is 0.383 e. The lowest BCUT2D eigenvalue weighted by atomic mass is 10.1. The molecule has 0 spiro atoms. The molecule has 12 nitrogen and oxygen atoms in total. The molecular formula is C28H33FN8O4S. The van der Waals surface area contributed by atoms with Crippen molar-refractivity contribution in [3.63, 3.8) is 0 Å². The Balaban J connectivity index is 1.43. The van der Waals surface area contributed by atoms with E-state index in [4.69, 9.17) is 4.74 Å². The number of hydrogen-bond donors (Lipinski definition) is 3. The summed E-state index contributed by atoms with van der Waals surface area (Å²) in [5, 5.41) is 6.54. The van der Waals surface area contributed by atoms with Gasteiger partial charge in [0.1, 0.15) is 10.9 Å². The van der Waals surface area contributed by atoms with Gasteiger partial charge >= 0.3 is 0 Å². The van der Waals surface area contributed by atoms with Crippen molar-refractivity contribution in [3.05, 3.63) is 54.2 Å². The van der Waals surface area contributed by atoms with Crippen molar-refractivity contribution in [3.8, 4) is 11.3 Å². The van der Waals surface area contributed by atoms with Crippen molar-refractivity contribution in [1.82, 2.24) is 29.7 Å². The molecule has 1 saturated heterocycles. The molecule has 3 aromatic heterocycles. The number of ether oxygens (including phenoxy) is 1. The van der Waals surface area contributed by atoms with Crippen molar-refractivity contribution in [2.24, 2.45) is 0 Å². The molecule has 222 valence electrons. The number of anilines is 3. The highest BCUT2D eigenvalue weighted by Gasteiger charge is 2.29. The second-order valence-electron chi connectivity index (χ2n) is 10.3. The van der Waals surface area contributed by atoms with Crippen LogP contribution in [0.2, 0.25) is 0 Å². The number of aromatic amines is 1. The highest BCUT2D eigenvalue weighted by atomic mass is 32.2. The number of benzene rings is 1. The van der Waals surface area contributed by atoms with Gasteiger partial charge in [0.25, 0.3) is 0 Å². The van der Waals surface area contributed by atoms with Gasteiger partial charge in [-0.05, 0) is 37.7 Å². The van der Waals surface area contributed by atoms with Gasteiger partial charge in [0.2, 0.25) is 11.9 Å². The fourth-order valence-electron chi connectivity index (χ4n) is 4.97. The number of piperazine rings is 1. The molecule has 1 aliphatic heterocycles. The van der Waals surface area contributed by atoms with Crippen LogP contribution in [0.3, 0.4) is 0 Å². The van der Waals surface area contributed by atoms with Gasteiger partial charge in [-0.3, -0.25) is 9.69 Å². The number of aromatic nitrogens is 4. The maximum absolute atomic E-state index is 14.9. The molecule has 0 radical (unpaired) electrons. The number of H-pyrrole nitrogens is 1. The second kappa shape index (κ2) is 12.1. The molecule has 1 aromatic carbocycles. The average Bonchev–Trinajstić information content (AvgIpc) is 3.39. The monoisotopic (exact) mass is 596 g/mol. The van der Waals surface area contributed by atoms with Crippen LogP contribution in [0, 0.1) is 12.7 Å². The van der Waals surface area contributed by atoms with Crippen molar-refractivity contribution >= 4 is 44.1 Å². The number of aryl methyl sites for hydroxylation is 1. The second-order valence-corrected chi connectivity index (χ2v) is 12.3. The molecular weight excluding hydrogens is 563 g/mol. The summed E-state index contributed by atoms with van der Waals surface area (Å²) < 4.78 is 44.2. The molecule has 5 rings (SSSR count). The zero-order valence-corrected chi connectivity index (χ0v) is 24.6.